The van der Waals surface area contributed by atoms with Crippen LogP contribution >= 0.6 is 0 Å². The summed E-state index contributed by atoms with van der Waals surface area (Å²) in [5, 5.41) is 10.2. The lowest BCUT2D eigenvalue weighted by molar-refractivity contribution is 0.158. The first-order valence-corrected chi connectivity index (χ1v) is 17.5. The van der Waals surface area contributed by atoms with Gasteiger partial charge < -0.3 is 10.0 Å². The van der Waals surface area contributed by atoms with E-state index in [4.69, 9.17) is 0 Å². The summed E-state index contributed by atoms with van der Waals surface area (Å²) in [6, 6.07) is 12.4. The molecule has 0 heterocycles. The standard InChI is InChI=1S/C19H23F2NO.C6H8F2.C5H10.C4H8.4C2H6/c1-14(13-22(2)18-10-8-17(21)9-11-18)3-12-19(23)15-4-6-16(20)7-5-15;7-5-3-1-2-4-6-8;1-4-5(2)3;1-4(2)3;4*1-2/h4-11,14,19,23H,3,12-13H2,1-2H3;1-4H,5-6H2;2,4H2,1,3H3;1H2,2-3H3;4*1-2H3/b;3-1-,4-2-;;;;;;. The Kier molecular flexibility index (Phi) is 54.8. The third kappa shape index (κ3) is 45.0. The number of hydrogen-bond donors (Lipinski definition) is 1. The van der Waals surface area contributed by atoms with E-state index >= 15 is 0 Å². The van der Waals surface area contributed by atoms with Crippen LogP contribution in [0.3, 0.4) is 0 Å². The fourth-order valence-electron chi connectivity index (χ4n) is 2.91. The van der Waals surface area contributed by atoms with Crippen LogP contribution in [0.15, 0.2) is 97.1 Å². The predicted molar refractivity (Wildman–Crippen MR) is 211 cm³/mol. The minimum Gasteiger partial charge on any atom is -0.388 e. The largest absolute Gasteiger partial charge is 0.388 e. The van der Waals surface area contributed by atoms with E-state index in [0.29, 0.717) is 12.3 Å². The highest BCUT2D eigenvalue weighted by Gasteiger charge is 2.12. The van der Waals surface area contributed by atoms with Crippen LogP contribution in [0, 0.1) is 17.6 Å². The summed E-state index contributed by atoms with van der Waals surface area (Å²) in [5.41, 5.74) is 4.13. The molecule has 0 aliphatic carbocycles. The number of aliphatic hydroxyl groups excluding tert-OH is 1. The van der Waals surface area contributed by atoms with Gasteiger partial charge in [0.15, 0.2) is 0 Å². The summed E-state index contributed by atoms with van der Waals surface area (Å²) in [4.78, 5) is 2.08. The smallest absolute Gasteiger partial charge is 0.123 e. The molecule has 2 atom stereocenters. The third-order valence-corrected chi connectivity index (χ3v) is 5.21. The molecule has 2 unspecified atom stereocenters. The molecule has 0 aliphatic heterocycles. The normalized spacial score (nSPS) is 10.3. The van der Waals surface area contributed by atoms with Crippen LogP contribution in [0.5, 0.6) is 0 Å². The van der Waals surface area contributed by atoms with Gasteiger partial charge in [0.05, 0.1) is 6.10 Å². The summed E-state index contributed by atoms with van der Waals surface area (Å²) in [6.45, 7) is 33.3. The predicted octanol–water partition coefficient (Wildman–Crippen LogP) is 14.2. The molecular formula is C42H73F4NO. The molecule has 0 spiro atoms. The zero-order chi connectivity index (χ0) is 38.9. The fraction of sp³-hybridized carbons (Fsp3) is 0.524. The monoisotopic (exact) mass is 684 g/mol. The molecule has 48 heavy (non-hydrogen) atoms. The highest BCUT2D eigenvalue weighted by atomic mass is 19.1. The SMILES string of the molecule is C=C(C)C.C=C(C)CC.CC.CC.CC.CC.CC(CCC(O)c1ccc(F)cc1)CN(C)c1ccc(F)cc1.FC/C=C\C=C/CF. The van der Waals surface area contributed by atoms with Crippen molar-refractivity contribution in [1.29, 1.82) is 0 Å². The van der Waals surface area contributed by atoms with Crippen molar-refractivity contribution in [2.24, 2.45) is 5.92 Å². The first-order valence-electron chi connectivity index (χ1n) is 17.5. The second-order valence-corrected chi connectivity index (χ2v) is 9.79. The lowest BCUT2D eigenvalue weighted by Gasteiger charge is -2.24. The summed E-state index contributed by atoms with van der Waals surface area (Å²) in [7, 11) is 1.97. The molecule has 0 fully saturated rings. The summed E-state index contributed by atoms with van der Waals surface area (Å²) in [5.74, 6) is -0.159. The molecule has 0 saturated carbocycles. The molecule has 0 bridgehead atoms. The Morgan fingerprint density at radius 1 is 0.729 bits per heavy atom. The number of hydrogen-bond acceptors (Lipinski definition) is 2. The number of rotatable bonds is 11. The quantitative estimate of drug-likeness (QED) is 0.145. The van der Waals surface area contributed by atoms with Crippen molar-refractivity contribution in [2.75, 3.05) is 31.8 Å². The average Bonchev–Trinajstić information content (AvgIpc) is 3.10. The number of allylic oxidation sites excluding steroid dienone is 6. The van der Waals surface area contributed by atoms with Crippen molar-refractivity contribution >= 4 is 5.69 Å². The van der Waals surface area contributed by atoms with Crippen molar-refractivity contribution in [3.8, 4) is 0 Å². The lowest BCUT2D eigenvalue weighted by Crippen LogP contribution is -2.24. The van der Waals surface area contributed by atoms with Crippen LogP contribution in [0.25, 0.3) is 0 Å². The Balaban J connectivity index is -0.000000145. The number of anilines is 1. The third-order valence-electron chi connectivity index (χ3n) is 5.21. The van der Waals surface area contributed by atoms with Crippen LogP contribution in [0.1, 0.15) is 121 Å². The maximum atomic E-state index is 12.9. The highest BCUT2D eigenvalue weighted by molar-refractivity contribution is 5.45. The van der Waals surface area contributed by atoms with E-state index in [0.717, 1.165) is 30.6 Å². The molecule has 1 N–H and O–H groups in total. The van der Waals surface area contributed by atoms with E-state index in [-0.39, 0.29) is 11.6 Å². The molecule has 0 saturated heterocycles. The van der Waals surface area contributed by atoms with E-state index < -0.39 is 19.5 Å². The maximum absolute atomic E-state index is 12.9. The van der Waals surface area contributed by atoms with E-state index in [1.165, 1.54) is 59.7 Å². The molecule has 280 valence electrons. The Labute approximate surface area is 295 Å². The Morgan fingerprint density at radius 2 is 1.06 bits per heavy atom. The van der Waals surface area contributed by atoms with Gasteiger partial charge in [0.25, 0.3) is 0 Å². The second-order valence-electron chi connectivity index (χ2n) is 9.79. The zero-order valence-electron chi connectivity index (χ0n) is 33.1. The van der Waals surface area contributed by atoms with Gasteiger partial charge in [0, 0.05) is 19.3 Å². The molecule has 0 aliphatic rings. The fourth-order valence-corrected chi connectivity index (χ4v) is 2.91. The zero-order valence-corrected chi connectivity index (χ0v) is 33.1. The van der Waals surface area contributed by atoms with Gasteiger partial charge in [0.1, 0.15) is 25.0 Å². The van der Waals surface area contributed by atoms with Crippen molar-refractivity contribution in [1.82, 2.24) is 0 Å². The van der Waals surface area contributed by atoms with E-state index in [2.05, 4.69) is 31.9 Å². The molecule has 2 aromatic carbocycles. The minimum atomic E-state index is -0.575. The Morgan fingerprint density at radius 3 is 1.38 bits per heavy atom. The molecule has 2 aromatic rings. The molecule has 6 heteroatoms. The van der Waals surface area contributed by atoms with Gasteiger partial charge in [-0.2, -0.15) is 0 Å². The summed E-state index contributed by atoms with van der Waals surface area (Å²) in [6.07, 6.45) is 7.58. The molecule has 0 aromatic heterocycles. The first kappa shape index (κ1) is 57.2. The number of benzene rings is 2. The summed E-state index contributed by atoms with van der Waals surface area (Å²) < 4.78 is 48.2. The number of alkyl halides is 2. The van der Waals surface area contributed by atoms with Gasteiger partial charge in [-0.05, 0) is 87.9 Å². The van der Waals surface area contributed by atoms with Crippen molar-refractivity contribution in [3.63, 3.8) is 0 Å². The first-order chi connectivity index (χ1) is 22.9. The van der Waals surface area contributed by atoms with Crippen LogP contribution in [-0.2, 0) is 0 Å². The van der Waals surface area contributed by atoms with Crippen LogP contribution in [0.4, 0.5) is 23.2 Å². The van der Waals surface area contributed by atoms with Gasteiger partial charge >= 0.3 is 0 Å². The minimum absolute atomic E-state index is 0.238. The van der Waals surface area contributed by atoms with Gasteiger partial charge in [-0.1, -0.05) is 117 Å². The maximum Gasteiger partial charge on any atom is 0.123 e. The van der Waals surface area contributed by atoms with E-state index in [1.54, 1.807) is 24.3 Å². The summed E-state index contributed by atoms with van der Waals surface area (Å²) >= 11 is 0. The topological polar surface area (TPSA) is 23.5 Å². The highest BCUT2D eigenvalue weighted by Crippen LogP contribution is 2.22. The van der Waals surface area contributed by atoms with Gasteiger partial charge in [-0.25, -0.2) is 17.6 Å². The van der Waals surface area contributed by atoms with Crippen molar-refractivity contribution < 1.29 is 22.7 Å². The van der Waals surface area contributed by atoms with Gasteiger partial charge in [-0.15, -0.1) is 13.2 Å². The molecule has 2 nitrogen and oxygen atoms in total. The number of halogens is 4. The molecule has 0 radical (unpaired) electrons. The Bertz CT molecular complexity index is 954. The lowest BCUT2D eigenvalue weighted by atomic mass is 9.98. The number of aliphatic hydroxyl groups is 1. The van der Waals surface area contributed by atoms with Crippen LogP contribution in [0.2, 0.25) is 0 Å². The number of nitrogens with zero attached hydrogens (tertiary/aromatic N) is 1. The Hall–Kier alpha value is -3.12. The van der Waals surface area contributed by atoms with Crippen molar-refractivity contribution in [2.45, 2.75) is 115 Å². The molecular weight excluding hydrogens is 610 g/mol. The van der Waals surface area contributed by atoms with Crippen LogP contribution < -0.4 is 4.90 Å². The van der Waals surface area contributed by atoms with E-state index in [9.17, 15) is 22.7 Å². The van der Waals surface area contributed by atoms with Crippen LogP contribution in [-0.4, -0.2) is 32.0 Å². The van der Waals surface area contributed by atoms with Gasteiger partial charge in [-0.3, -0.25) is 0 Å². The van der Waals surface area contributed by atoms with Gasteiger partial charge in [0.2, 0.25) is 0 Å². The molecule has 0 amide bonds. The van der Waals surface area contributed by atoms with Crippen molar-refractivity contribution in [3.05, 3.63) is 114 Å². The molecule has 2 rings (SSSR count). The second kappa shape index (κ2) is 46.0. The van der Waals surface area contributed by atoms with E-state index in [1.807, 2.05) is 83.2 Å². The average molecular weight is 684 g/mol.